The van der Waals surface area contributed by atoms with E-state index in [2.05, 4.69) is 15.3 Å². The third-order valence-corrected chi connectivity index (χ3v) is 3.14. The largest absolute Gasteiger partial charge is 0.435 e. The molecule has 0 bridgehead atoms. The molecule has 0 aliphatic carbocycles. The molecule has 0 aliphatic heterocycles. The van der Waals surface area contributed by atoms with Gasteiger partial charge in [0.1, 0.15) is 5.75 Å². The number of nitro groups is 1. The van der Waals surface area contributed by atoms with Crippen molar-refractivity contribution in [2.24, 2.45) is 5.10 Å². The normalized spacial score (nSPS) is 11.3. The monoisotopic (exact) mass is 349 g/mol. The lowest BCUT2D eigenvalue weighted by Crippen LogP contribution is -2.19. The summed E-state index contributed by atoms with van der Waals surface area (Å²) in [7, 11) is 0. The van der Waals surface area contributed by atoms with Crippen LogP contribution in [0.25, 0.3) is 0 Å². The van der Waals surface area contributed by atoms with Crippen LogP contribution in [0.3, 0.4) is 0 Å². The van der Waals surface area contributed by atoms with Gasteiger partial charge in [-0.15, -0.1) is 0 Å². The lowest BCUT2D eigenvalue weighted by atomic mass is 10.1. The number of nitro benzene ring substituents is 1. The predicted octanol–water partition coefficient (Wildman–Crippen LogP) is 3.35. The van der Waals surface area contributed by atoms with E-state index in [1.807, 2.05) is 0 Å². The van der Waals surface area contributed by atoms with E-state index in [0.29, 0.717) is 11.3 Å². The van der Waals surface area contributed by atoms with Crippen LogP contribution in [0, 0.1) is 10.1 Å². The van der Waals surface area contributed by atoms with E-state index in [4.69, 9.17) is 0 Å². The molecule has 0 spiro atoms. The van der Waals surface area contributed by atoms with Gasteiger partial charge < -0.3 is 4.74 Å². The van der Waals surface area contributed by atoms with E-state index < -0.39 is 17.4 Å². The number of nitrogens with one attached hydrogen (secondary N) is 1. The van der Waals surface area contributed by atoms with Gasteiger partial charge in [-0.2, -0.15) is 13.9 Å². The molecule has 0 unspecified atom stereocenters. The zero-order valence-corrected chi connectivity index (χ0v) is 13.0. The van der Waals surface area contributed by atoms with Crippen molar-refractivity contribution in [3.05, 3.63) is 69.8 Å². The highest BCUT2D eigenvalue weighted by atomic mass is 19.3. The number of hydrogen-bond acceptors (Lipinski definition) is 5. The number of non-ortho nitro benzene ring substituents is 1. The van der Waals surface area contributed by atoms with Crippen LogP contribution >= 0.6 is 0 Å². The Morgan fingerprint density at radius 1 is 1.20 bits per heavy atom. The maximum atomic E-state index is 12.1. The van der Waals surface area contributed by atoms with Gasteiger partial charge in [-0.3, -0.25) is 14.9 Å². The van der Waals surface area contributed by atoms with Crippen molar-refractivity contribution in [3.8, 4) is 5.75 Å². The Morgan fingerprint density at radius 2 is 1.88 bits per heavy atom. The average molecular weight is 349 g/mol. The van der Waals surface area contributed by atoms with Crippen LogP contribution in [0.1, 0.15) is 22.8 Å². The lowest BCUT2D eigenvalue weighted by molar-refractivity contribution is -0.384. The van der Waals surface area contributed by atoms with Crippen molar-refractivity contribution in [3.63, 3.8) is 0 Å². The molecule has 0 radical (unpaired) electrons. The van der Waals surface area contributed by atoms with Crippen LogP contribution in [0.5, 0.6) is 5.75 Å². The molecular weight excluding hydrogens is 336 g/mol. The number of nitrogens with zero attached hydrogens (tertiary/aromatic N) is 2. The number of amides is 1. The van der Waals surface area contributed by atoms with Gasteiger partial charge in [0.2, 0.25) is 0 Å². The maximum absolute atomic E-state index is 12.1. The topological polar surface area (TPSA) is 93.8 Å². The van der Waals surface area contributed by atoms with Crippen molar-refractivity contribution in [2.75, 3.05) is 0 Å². The van der Waals surface area contributed by atoms with Gasteiger partial charge in [0.25, 0.3) is 11.6 Å². The fraction of sp³-hybridized carbons (Fsp3) is 0.125. The molecule has 130 valence electrons. The van der Waals surface area contributed by atoms with Crippen LogP contribution in [0.2, 0.25) is 0 Å². The van der Waals surface area contributed by atoms with Gasteiger partial charge in [-0.1, -0.05) is 6.07 Å². The second-order valence-electron chi connectivity index (χ2n) is 4.85. The molecule has 1 N–H and O–H groups in total. The number of alkyl halides is 2. The summed E-state index contributed by atoms with van der Waals surface area (Å²) in [6.45, 7) is -1.30. The van der Waals surface area contributed by atoms with E-state index >= 15 is 0 Å². The van der Waals surface area contributed by atoms with Crippen LogP contribution in [-0.4, -0.2) is 23.2 Å². The molecule has 2 rings (SSSR count). The van der Waals surface area contributed by atoms with Crippen LogP contribution in [0.4, 0.5) is 14.5 Å². The van der Waals surface area contributed by atoms with Crippen molar-refractivity contribution in [1.29, 1.82) is 0 Å². The Balaban J connectivity index is 2.06. The second-order valence-corrected chi connectivity index (χ2v) is 4.85. The zero-order valence-electron chi connectivity index (χ0n) is 13.0. The van der Waals surface area contributed by atoms with Gasteiger partial charge in [-0.05, 0) is 42.8 Å². The lowest BCUT2D eigenvalue weighted by Gasteiger charge is -2.06. The van der Waals surface area contributed by atoms with Crippen molar-refractivity contribution >= 4 is 17.3 Å². The van der Waals surface area contributed by atoms with Crippen LogP contribution in [-0.2, 0) is 0 Å². The first-order valence-corrected chi connectivity index (χ1v) is 7.01. The number of hydrazone groups is 1. The van der Waals surface area contributed by atoms with Gasteiger partial charge in [-0.25, -0.2) is 5.43 Å². The standard InChI is InChI=1S/C16H13F2N3O4/c1-10(11-5-7-14(8-6-11)25-16(17)18)19-20-15(22)12-3-2-4-13(9-12)21(23)24/h2-9,16H,1H3,(H,20,22)/b19-10+. The highest BCUT2D eigenvalue weighted by Crippen LogP contribution is 2.16. The number of carbonyl (C=O) groups excluding carboxylic acids is 1. The summed E-state index contributed by atoms with van der Waals surface area (Å²) in [5.41, 5.74) is 3.17. The molecule has 0 atom stereocenters. The van der Waals surface area contributed by atoms with Gasteiger partial charge in [0.15, 0.2) is 0 Å². The Kier molecular flexibility index (Phi) is 5.72. The molecule has 0 aromatic heterocycles. The number of rotatable bonds is 6. The highest BCUT2D eigenvalue weighted by Gasteiger charge is 2.11. The Hall–Kier alpha value is -3.36. The molecule has 0 heterocycles. The van der Waals surface area contributed by atoms with Crippen LogP contribution < -0.4 is 10.2 Å². The van der Waals surface area contributed by atoms with E-state index in [9.17, 15) is 23.7 Å². The molecular formula is C16H13F2N3O4. The van der Waals surface area contributed by atoms with Gasteiger partial charge in [0.05, 0.1) is 10.6 Å². The summed E-state index contributed by atoms with van der Waals surface area (Å²) in [6.07, 6.45) is 0. The van der Waals surface area contributed by atoms with E-state index in [0.717, 1.165) is 6.07 Å². The Labute approximate surface area is 141 Å². The fourth-order valence-electron chi connectivity index (χ4n) is 1.90. The quantitative estimate of drug-likeness (QED) is 0.492. The molecule has 0 saturated heterocycles. The molecule has 2 aromatic carbocycles. The third-order valence-electron chi connectivity index (χ3n) is 3.14. The Morgan fingerprint density at radius 3 is 2.48 bits per heavy atom. The van der Waals surface area contributed by atoms with E-state index in [1.54, 1.807) is 6.92 Å². The van der Waals surface area contributed by atoms with E-state index in [1.165, 1.54) is 42.5 Å². The number of halogens is 2. The summed E-state index contributed by atoms with van der Waals surface area (Å²) in [5, 5.41) is 14.6. The minimum atomic E-state index is -2.91. The fourth-order valence-corrected chi connectivity index (χ4v) is 1.90. The van der Waals surface area contributed by atoms with Gasteiger partial charge >= 0.3 is 6.61 Å². The summed E-state index contributed by atoms with van der Waals surface area (Å²) in [6, 6.07) is 10.9. The van der Waals surface area contributed by atoms with Crippen molar-refractivity contribution in [1.82, 2.24) is 5.43 Å². The minimum absolute atomic E-state index is 0.00665. The smallest absolute Gasteiger partial charge is 0.387 e. The van der Waals surface area contributed by atoms with Crippen LogP contribution in [0.15, 0.2) is 53.6 Å². The first-order chi connectivity index (χ1) is 11.9. The molecule has 7 nitrogen and oxygen atoms in total. The average Bonchev–Trinajstić information content (AvgIpc) is 2.59. The summed E-state index contributed by atoms with van der Waals surface area (Å²) < 4.78 is 28.4. The number of carbonyl (C=O) groups is 1. The molecule has 1 amide bonds. The van der Waals surface area contributed by atoms with Crippen molar-refractivity contribution < 1.29 is 23.2 Å². The number of hydrogen-bond donors (Lipinski definition) is 1. The summed E-state index contributed by atoms with van der Waals surface area (Å²) >= 11 is 0. The Bertz CT molecular complexity index is 807. The minimum Gasteiger partial charge on any atom is -0.435 e. The molecule has 2 aromatic rings. The molecule has 25 heavy (non-hydrogen) atoms. The molecule has 0 aliphatic rings. The SMILES string of the molecule is C/C(=N\NC(=O)c1cccc([N+](=O)[O-])c1)c1ccc(OC(F)F)cc1. The zero-order chi connectivity index (χ0) is 18.4. The number of ether oxygens (including phenoxy) is 1. The molecule has 0 saturated carbocycles. The maximum Gasteiger partial charge on any atom is 0.387 e. The van der Waals surface area contributed by atoms with E-state index in [-0.39, 0.29) is 17.0 Å². The molecule has 9 heteroatoms. The first kappa shape index (κ1) is 18.0. The predicted molar refractivity (Wildman–Crippen MR) is 85.8 cm³/mol. The third kappa shape index (κ3) is 5.06. The summed E-state index contributed by atoms with van der Waals surface area (Å²) in [5.74, 6) is -0.604. The second kappa shape index (κ2) is 7.95. The first-order valence-electron chi connectivity index (χ1n) is 7.01. The van der Waals surface area contributed by atoms with Gasteiger partial charge in [0, 0.05) is 17.7 Å². The molecule has 0 fully saturated rings. The number of benzene rings is 2. The summed E-state index contributed by atoms with van der Waals surface area (Å²) in [4.78, 5) is 22.1. The van der Waals surface area contributed by atoms with Crippen molar-refractivity contribution in [2.45, 2.75) is 13.5 Å². The highest BCUT2D eigenvalue weighted by molar-refractivity contribution is 6.01.